The van der Waals surface area contributed by atoms with Crippen molar-refractivity contribution in [3.63, 3.8) is 0 Å². The Morgan fingerprint density at radius 3 is 2.58 bits per heavy atom. The zero-order chi connectivity index (χ0) is 18.2. The van der Waals surface area contributed by atoms with Gasteiger partial charge < -0.3 is 4.74 Å². The van der Waals surface area contributed by atoms with Crippen LogP contribution in [0.1, 0.15) is 5.56 Å². The van der Waals surface area contributed by atoms with Crippen LogP contribution in [0.25, 0.3) is 32.1 Å². The first kappa shape index (κ1) is 16.0. The molecular formula is C22H22NOSSi+. The largest absolute Gasteiger partial charge is 0.456 e. The summed E-state index contributed by atoms with van der Waals surface area (Å²) in [6.07, 6.45) is 2.18. The lowest BCUT2D eigenvalue weighted by Crippen LogP contribution is -2.38. The third-order valence-electron chi connectivity index (χ3n) is 5.47. The number of fused-ring (bicyclic) bond motifs is 3. The summed E-state index contributed by atoms with van der Waals surface area (Å²) in [4.78, 5) is 0. The van der Waals surface area contributed by atoms with E-state index < -0.39 is 8.07 Å². The van der Waals surface area contributed by atoms with E-state index in [1.807, 2.05) is 11.3 Å². The summed E-state index contributed by atoms with van der Waals surface area (Å²) >= 11 is 1.81. The molecule has 2 aromatic carbocycles. The number of hydrogen-bond acceptors (Lipinski definition) is 2. The van der Waals surface area contributed by atoms with E-state index >= 15 is 0 Å². The Balaban J connectivity index is 1.94. The van der Waals surface area contributed by atoms with Crippen LogP contribution in [0.15, 0.2) is 41.9 Å². The summed E-state index contributed by atoms with van der Waals surface area (Å²) in [5, 5.41) is 7.40. The lowest BCUT2D eigenvalue weighted by molar-refractivity contribution is -0.659. The van der Waals surface area contributed by atoms with Gasteiger partial charge in [-0.2, -0.15) is 0 Å². The quantitative estimate of drug-likeness (QED) is 0.278. The predicted molar refractivity (Wildman–Crippen MR) is 114 cm³/mol. The molecule has 0 aliphatic carbocycles. The van der Waals surface area contributed by atoms with Crippen molar-refractivity contribution in [2.45, 2.75) is 26.6 Å². The standard InChI is InChI=1S/C22H22NOSSi/c1-13-19-17(11-15-7-9-25-22(13)15)24-18-12-16(26(3,4)5)10-14-6-8-23(2)21(19)20(14)18/h6-12H,1-5H3/q+1. The van der Waals surface area contributed by atoms with Crippen molar-refractivity contribution in [1.82, 2.24) is 0 Å². The van der Waals surface area contributed by atoms with E-state index in [-0.39, 0.29) is 0 Å². The van der Waals surface area contributed by atoms with Crippen LogP contribution in [0.2, 0.25) is 19.6 Å². The van der Waals surface area contributed by atoms with E-state index in [4.69, 9.17) is 4.74 Å². The van der Waals surface area contributed by atoms with Gasteiger partial charge in [-0.05, 0) is 46.8 Å². The summed E-state index contributed by atoms with van der Waals surface area (Å²) in [6, 6.07) is 11.3. The third kappa shape index (κ3) is 2.12. The fraction of sp³-hybridized carbons (Fsp3) is 0.227. The number of nitrogens with zero attached hydrogens (tertiary/aromatic N) is 1. The summed E-state index contributed by atoms with van der Waals surface area (Å²) in [5.74, 6) is 1.99. The SMILES string of the molecule is Cc1c2c(cc3ccsc13)Oc1cc([Si](C)(C)C)cc3cc[n+](C)c-2c13. The van der Waals surface area contributed by atoms with Crippen LogP contribution >= 0.6 is 11.3 Å². The first-order chi connectivity index (χ1) is 12.3. The smallest absolute Gasteiger partial charge is 0.228 e. The van der Waals surface area contributed by atoms with Crippen molar-refractivity contribution < 1.29 is 9.30 Å². The molecule has 3 heterocycles. The molecule has 0 N–H and O–H groups in total. The predicted octanol–water partition coefficient (Wildman–Crippen LogP) is 5.51. The van der Waals surface area contributed by atoms with E-state index in [1.54, 1.807) is 0 Å². The van der Waals surface area contributed by atoms with Crippen LogP contribution < -0.4 is 14.5 Å². The number of hydrogen-bond donors (Lipinski definition) is 0. The highest BCUT2D eigenvalue weighted by Crippen LogP contribution is 2.48. The topological polar surface area (TPSA) is 13.1 Å². The summed E-state index contributed by atoms with van der Waals surface area (Å²) in [5.41, 5.74) is 3.82. The van der Waals surface area contributed by atoms with Crippen molar-refractivity contribution in [2.75, 3.05) is 0 Å². The van der Waals surface area contributed by atoms with Gasteiger partial charge in [0.15, 0.2) is 6.20 Å². The molecule has 0 unspecified atom stereocenters. The number of pyridine rings is 1. The molecule has 4 heteroatoms. The van der Waals surface area contributed by atoms with Crippen LogP contribution in [0.5, 0.6) is 11.5 Å². The molecule has 0 fully saturated rings. The molecule has 2 aromatic heterocycles. The Labute approximate surface area is 158 Å². The fourth-order valence-corrected chi connectivity index (χ4v) is 6.07. The Hall–Kier alpha value is -2.17. The van der Waals surface area contributed by atoms with Crippen LogP contribution in [0.3, 0.4) is 0 Å². The normalized spacial score (nSPS) is 13.1. The van der Waals surface area contributed by atoms with Gasteiger partial charge in [0.2, 0.25) is 5.69 Å². The third-order valence-corrected chi connectivity index (χ3v) is 8.54. The molecule has 130 valence electrons. The van der Waals surface area contributed by atoms with E-state index in [9.17, 15) is 0 Å². The van der Waals surface area contributed by atoms with E-state index in [0.29, 0.717) is 0 Å². The minimum atomic E-state index is -1.43. The zero-order valence-electron chi connectivity index (χ0n) is 15.8. The Kier molecular flexibility index (Phi) is 3.19. The summed E-state index contributed by atoms with van der Waals surface area (Å²) < 4.78 is 10.1. The highest BCUT2D eigenvalue weighted by molar-refractivity contribution is 7.17. The van der Waals surface area contributed by atoms with Crippen LogP contribution in [0, 0.1) is 6.92 Å². The van der Waals surface area contributed by atoms with Gasteiger partial charge in [0.1, 0.15) is 18.5 Å². The van der Waals surface area contributed by atoms with Crippen molar-refractivity contribution in [1.29, 1.82) is 0 Å². The average Bonchev–Trinajstić information content (AvgIpc) is 3.05. The van der Waals surface area contributed by atoms with Crippen LogP contribution in [-0.2, 0) is 7.05 Å². The molecule has 0 spiro atoms. The summed E-state index contributed by atoms with van der Waals surface area (Å²) in [7, 11) is 0.711. The van der Waals surface area contributed by atoms with Gasteiger partial charge in [0, 0.05) is 10.8 Å². The van der Waals surface area contributed by atoms with Gasteiger partial charge in [0.05, 0.1) is 19.0 Å². The maximum atomic E-state index is 6.51. The molecule has 0 saturated carbocycles. The van der Waals surface area contributed by atoms with Gasteiger partial charge in [-0.1, -0.05) is 30.9 Å². The van der Waals surface area contributed by atoms with Gasteiger partial charge >= 0.3 is 0 Å². The number of ether oxygens (including phenoxy) is 1. The minimum Gasteiger partial charge on any atom is -0.456 e. The van der Waals surface area contributed by atoms with Crippen molar-refractivity contribution in [3.8, 4) is 22.8 Å². The monoisotopic (exact) mass is 376 g/mol. The molecule has 0 radical (unpaired) electrons. The minimum absolute atomic E-state index is 0.983. The number of benzene rings is 2. The van der Waals surface area contributed by atoms with Crippen LogP contribution in [-0.4, -0.2) is 8.07 Å². The number of aryl methyl sites for hydroxylation is 2. The van der Waals surface area contributed by atoms with E-state index in [2.05, 4.69) is 80.1 Å². The van der Waals surface area contributed by atoms with Crippen molar-refractivity contribution >= 4 is 45.5 Å². The number of aromatic nitrogens is 1. The molecule has 1 aliphatic heterocycles. The lowest BCUT2D eigenvalue weighted by atomic mass is 9.95. The van der Waals surface area contributed by atoms with Gasteiger partial charge in [-0.3, -0.25) is 0 Å². The molecule has 4 aromatic rings. The molecule has 26 heavy (non-hydrogen) atoms. The second-order valence-corrected chi connectivity index (χ2v) is 14.3. The molecule has 1 aliphatic rings. The zero-order valence-corrected chi connectivity index (χ0v) is 17.6. The molecule has 0 bridgehead atoms. The summed E-state index contributed by atoms with van der Waals surface area (Å²) in [6.45, 7) is 9.39. The highest BCUT2D eigenvalue weighted by Gasteiger charge is 2.31. The van der Waals surface area contributed by atoms with Crippen molar-refractivity contribution in [3.05, 3.63) is 47.5 Å². The molecule has 0 amide bonds. The van der Waals surface area contributed by atoms with Gasteiger partial charge in [0.25, 0.3) is 0 Å². The van der Waals surface area contributed by atoms with Crippen molar-refractivity contribution in [2.24, 2.45) is 7.05 Å². The second kappa shape index (κ2) is 5.18. The van der Waals surface area contributed by atoms with Crippen LogP contribution in [0.4, 0.5) is 0 Å². The van der Waals surface area contributed by atoms with E-state index in [1.165, 1.54) is 42.9 Å². The highest BCUT2D eigenvalue weighted by atomic mass is 32.1. The second-order valence-electron chi connectivity index (χ2n) is 8.28. The Morgan fingerprint density at radius 2 is 1.81 bits per heavy atom. The van der Waals surface area contributed by atoms with Gasteiger partial charge in [-0.15, -0.1) is 11.3 Å². The van der Waals surface area contributed by atoms with Gasteiger partial charge in [-0.25, -0.2) is 4.57 Å². The maximum Gasteiger partial charge on any atom is 0.228 e. The fourth-order valence-electron chi connectivity index (χ4n) is 4.02. The number of rotatable bonds is 1. The molecule has 0 atom stereocenters. The first-order valence-corrected chi connectivity index (χ1v) is 13.4. The van der Waals surface area contributed by atoms with E-state index in [0.717, 1.165) is 11.5 Å². The average molecular weight is 377 g/mol. The molecular weight excluding hydrogens is 354 g/mol. The molecule has 0 saturated heterocycles. The lowest BCUT2D eigenvalue weighted by Gasteiger charge is -2.24. The molecule has 5 rings (SSSR count). The molecule has 2 nitrogen and oxygen atoms in total. The first-order valence-electron chi connectivity index (χ1n) is 9.00. The number of thiophene rings is 1. The Morgan fingerprint density at radius 1 is 1.00 bits per heavy atom. The maximum absolute atomic E-state index is 6.51. The Bertz CT molecular complexity index is 1220.